The minimum Gasteiger partial charge on any atom is -0.354 e. The molecule has 1 aromatic rings. The van der Waals surface area contributed by atoms with E-state index in [1.165, 1.54) is 5.56 Å². The summed E-state index contributed by atoms with van der Waals surface area (Å²) < 4.78 is 0. The van der Waals surface area contributed by atoms with Crippen LogP contribution in [0.25, 0.3) is 0 Å². The minimum atomic E-state index is 0.381. The molecule has 2 nitrogen and oxygen atoms in total. The summed E-state index contributed by atoms with van der Waals surface area (Å²) in [7, 11) is 0. The van der Waals surface area contributed by atoms with E-state index in [0.717, 1.165) is 29.2 Å². The Bertz CT molecular complexity index is 660. The molecule has 0 saturated carbocycles. The topological polar surface area (TPSA) is 24.4 Å². The Hall–Kier alpha value is -2.35. The first-order chi connectivity index (χ1) is 10.6. The van der Waals surface area contributed by atoms with Gasteiger partial charge in [-0.25, -0.2) is 0 Å². The van der Waals surface area contributed by atoms with E-state index in [1.54, 1.807) is 0 Å². The van der Waals surface area contributed by atoms with Gasteiger partial charge in [0.1, 0.15) is 0 Å². The van der Waals surface area contributed by atoms with Gasteiger partial charge in [-0.1, -0.05) is 55.2 Å². The van der Waals surface area contributed by atoms with Crippen molar-refractivity contribution >= 4 is 11.4 Å². The fourth-order valence-corrected chi connectivity index (χ4v) is 2.41. The molecule has 1 unspecified atom stereocenters. The lowest BCUT2D eigenvalue weighted by molar-refractivity contribution is 0.861. The lowest BCUT2D eigenvalue weighted by Gasteiger charge is -2.16. The number of para-hydroxylation sites is 1. The highest BCUT2D eigenvalue weighted by atomic mass is 14.9. The van der Waals surface area contributed by atoms with Gasteiger partial charge < -0.3 is 5.32 Å². The summed E-state index contributed by atoms with van der Waals surface area (Å²) in [5.41, 5.74) is 5.09. The summed E-state index contributed by atoms with van der Waals surface area (Å²) in [5, 5.41) is 3.37. The van der Waals surface area contributed by atoms with E-state index in [1.807, 2.05) is 25.1 Å². The standard InChI is InChI=1S/C20H24N2/c1-5-19(21-16(3)18-12-7-6-8-13-18)17(4)22-20-14-10-9-11-15(20)2/h5-12,14,18,22H,4,13H2,1-3H3/b19-5-,21-16+. The molecule has 1 atom stereocenters. The third kappa shape index (κ3) is 4.08. The summed E-state index contributed by atoms with van der Waals surface area (Å²) >= 11 is 0. The first kappa shape index (κ1) is 16.0. The van der Waals surface area contributed by atoms with Crippen molar-refractivity contribution in [3.63, 3.8) is 0 Å². The largest absolute Gasteiger partial charge is 0.354 e. The van der Waals surface area contributed by atoms with Crippen LogP contribution in [0.5, 0.6) is 0 Å². The second-order valence-corrected chi connectivity index (χ2v) is 5.50. The molecule has 1 aromatic carbocycles. The Morgan fingerprint density at radius 2 is 2.09 bits per heavy atom. The van der Waals surface area contributed by atoms with Gasteiger partial charge in [-0.2, -0.15) is 0 Å². The van der Waals surface area contributed by atoms with Crippen LogP contribution in [0.4, 0.5) is 5.69 Å². The third-order valence-electron chi connectivity index (χ3n) is 3.83. The first-order valence-corrected chi connectivity index (χ1v) is 7.68. The molecule has 0 bridgehead atoms. The van der Waals surface area contributed by atoms with Crippen LogP contribution in [-0.4, -0.2) is 5.71 Å². The van der Waals surface area contributed by atoms with Crippen molar-refractivity contribution in [2.45, 2.75) is 27.2 Å². The van der Waals surface area contributed by atoms with Gasteiger partial charge in [-0.3, -0.25) is 4.99 Å². The molecule has 0 amide bonds. The van der Waals surface area contributed by atoms with Crippen molar-refractivity contribution < 1.29 is 0 Å². The van der Waals surface area contributed by atoms with Crippen molar-refractivity contribution in [1.82, 2.24) is 0 Å². The fraction of sp³-hybridized carbons (Fsp3) is 0.250. The molecule has 0 heterocycles. The van der Waals surface area contributed by atoms with Crippen LogP contribution >= 0.6 is 0 Å². The maximum absolute atomic E-state index is 4.77. The molecular weight excluding hydrogens is 268 g/mol. The van der Waals surface area contributed by atoms with Crippen LogP contribution in [-0.2, 0) is 0 Å². The van der Waals surface area contributed by atoms with Crippen LogP contribution in [0.3, 0.4) is 0 Å². The number of aryl methyl sites for hydroxylation is 1. The number of nitrogens with one attached hydrogen (secondary N) is 1. The van der Waals surface area contributed by atoms with Gasteiger partial charge in [0.25, 0.3) is 0 Å². The number of rotatable bonds is 5. The highest BCUT2D eigenvalue weighted by Gasteiger charge is 2.10. The van der Waals surface area contributed by atoms with E-state index >= 15 is 0 Å². The maximum Gasteiger partial charge on any atom is 0.0815 e. The van der Waals surface area contributed by atoms with Gasteiger partial charge in [0.05, 0.1) is 11.4 Å². The molecule has 114 valence electrons. The molecule has 1 aliphatic rings. The summed E-state index contributed by atoms with van der Waals surface area (Å²) in [6.07, 6.45) is 11.6. The summed E-state index contributed by atoms with van der Waals surface area (Å²) in [4.78, 5) is 4.77. The predicted molar refractivity (Wildman–Crippen MR) is 97.2 cm³/mol. The molecule has 1 aliphatic carbocycles. The number of hydrogen-bond acceptors (Lipinski definition) is 2. The zero-order valence-electron chi connectivity index (χ0n) is 13.6. The SMILES string of the molecule is C=C(Nc1ccccc1C)C(=C/C)/N=C(\C)C1C=CC=CC1. The molecule has 0 aliphatic heterocycles. The number of anilines is 1. The molecule has 0 radical (unpaired) electrons. The van der Waals surface area contributed by atoms with Crippen LogP contribution in [0.1, 0.15) is 25.8 Å². The van der Waals surface area contributed by atoms with E-state index in [0.29, 0.717) is 5.92 Å². The maximum atomic E-state index is 4.77. The Morgan fingerprint density at radius 1 is 1.32 bits per heavy atom. The van der Waals surface area contributed by atoms with Crippen LogP contribution in [0, 0.1) is 12.8 Å². The quantitative estimate of drug-likeness (QED) is 0.569. The van der Waals surface area contributed by atoms with Crippen molar-refractivity contribution in [3.05, 3.63) is 78.2 Å². The monoisotopic (exact) mass is 292 g/mol. The molecule has 2 heteroatoms. The second-order valence-electron chi connectivity index (χ2n) is 5.50. The van der Waals surface area contributed by atoms with Crippen LogP contribution in [0.2, 0.25) is 0 Å². The Kier molecular flexibility index (Phi) is 5.54. The normalized spacial score (nSPS) is 18.4. The number of aliphatic imine (C=N–C) groups is 1. The lowest BCUT2D eigenvalue weighted by Crippen LogP contribution is -2.11. The van der Waals surface area contributed by atoms with Crippen LogP contribution < -0.4 is 5.32 Å². The summed E-state index contributed by atoms with van der Waals surface area (Å²) in [6, 6.07) is 8.19. The number of hydrogen-bond donors (Lipinski definition) is 1. The van der Waals surface area contributed by atoms with Crippen LogP contribution in [0.15, 0.2) is 77.6 Å². The second kappa shape index (κ2) is 7.60. The Labute approximate surface area is 133 Å². The third-order valence-corrected chi connectivity index (χ3v) is 3.83. The van der Waals surface area contributed by atoms with Crippen molar-refractivity contribution in [2.75, 3.05) is 5.32 Å². The van der Waals surface area contributed by atoms with Gasteiger partial charge in [0.15, 0.2) is 0 Å². The van der Waals surface area contributed by atoms with E-state index < -0.39 is 0 Å². The lowest BCUT2D eigenvalue weighted by atomic mass is 9.96. The predicted octanol–water partition coefficient (Wildman–Crippen LogP) is 5.42. The van der Waals surface area contributed by atoms with E-state index in [-0.39, 0.29) is 0 Å². The van der Waals surface area contributed by atoms with Gasteiger partial charge in [-0.15, -0.1) is 0 Å². The van der Waals surface area contributed by atoms with Gasteiger partial charge >= 0.3 is 0 Å². The van der Waals surface area contributed by atoms with Gasteiger partial charge in [0.2, 0.25) is 0 Å². The first-order valence-electron chi connectivity index (χ1n) is 7.68. The van der Waals surface area contributed by atoms with E-state index in [9.17, 15) is 0 Å². The number of benzene rings is 1. The van der Waals surface area contributed by atoms with E-state index in [4.69, 9.17) is 4.99 Å². The highest BCUT2D eigenvalue weighted by Crippen LogP contribution is 2.21. The Balaban J connectivity index is 2.11. The molecular formula is C20H24N2. The molecule has 1 N–H and O–H groups in total. The average Bonchev–Trinajstić information content (AvgIpc) is 2.55. The number of allylic oxidation sites excluding steroid dienone is 5. The van der Waals surface area contributed by atoms with Crippen molar-refractivity contribution in [1.29, 1.82) is 0 Å². The van der Waals surface area contributed by atoms with Gasteiger partial charge in [-0.05, 0) is 38.8 Å². The molecule has 0 fully saturated rings. The number of nitrogens with zero attached hydrogens (tertiary/aromatic N) is 1. The summed E-state index contributed by atoms with van der Waals surface area (Å²) in [5.74, 6) is 0.381. The Morgan fingerprint density at radius 3 is 2.73 bits per heavy atom. The molecule has 0 spiro atoms. The molecule has 0 saturated heterocycles. The zero-order chi connectivity index (χ0) is 15.9. The minimum absolute atomic E-state index is 0.381. The van der Waals surface area contributed by atoms with E-state index in [2.05, 4.69) is 62.2 Å². The van der Waals surface area contributed by atoms with Crippen molar-refractivity contribution in [2.24, 2.45) is 10.9 Å². The molecule has 22 heavy (non-hydrogen) atoms. The van der Waals surface area contributed by atoms with Gasteiger partial charge in [0, 0.05) is 17.3 Å². The fourth-order valence-electron chi connectivity index (χ4n) is 2.41. The molecule has 0 aromatic heterocycles. The van der Waals surface area contributed by atoms with Crippen molar-refractivity contribution in [3.8, 4) is 0 Å². The average molecular weight is 292 g/mol. The zero-order valence-corrected chi connectivity index (χ0v) is 13.6. The molecule has 2 rings (SSSR count). The smallest absolute Gasteiger partial charge is 0.0815 e. The highest BCUT2D eigenvalue weighted by molar-refractivity contribution is 5.87. The summed E-state index contributed by atoms with van der Waals surface area (Å²) in [6.45, 7) is 10.3.